The van der Waals surface area contributed by atoms with Crippen LogP contribution in [-0.4, -0.2) is 46.4 Å². The van der Waals surface area contributed by atoms with Crippen molar-refractivity contribution in [3.05, 3.63) is 76.3 Å². The monoisotopic (exact) mass is 506 g/mol. The van der Waals surface area contributed by atoms with Gasteiger partial charge in [0.2, 0.25) is 5.91 Å². The van der Waals surface area contributed by atoms with E-state index in [2.05, 4.69) is 16.8 Å². The molecule has 1 aromatic heterocycles. The number of carbonyl (C=O) groups is 3. The Bertz CT molecular complexity index is 1440. The molecule has 2 fully saturated rings. The van der Waals surface area contributed by atoms with E-state index >= 15 is 8.78 Å². The molecule has 2 aliphatic heterocycles. The summed E-state index contributed by atoms with van der Waals surface area (Å²) in [6, 6.07) is 9.94. The Morgan fingerprint density at radius 2 is 1.67 bits per heavy atom. The van der Waals surface area contributed by atoms with Crippen LogP contribution >= 0.6 is 11.3 Å². The van der Waals surface area contributed by atoms with E-state index in [4.69, 9.17) is 0 Å². The number of thiazole rings is 1. The first-order valence-electron chi connectivity index (χ1n) is 11.1. The number of anilines is 2. The lowest BCUT2D eigenvalue weighted by molar-refractivity contribution is -0.137. The molecular formula is C26H20F2N4O3S. The molecule has 36 heavy (non-hydrogen) atoms. The maximum Gasteiger partial charge on any atom is 0.332 e. The Morgan fingerprint density at radius 3 is 2.31 bits per heavy atom. The van der Waals surface area contributed by atoms with Crippen LogP contribution in [-0.2, 0) is 9.59 Å². The van der Waals surface area contributed by atoms with Gasteiger partial charge in [-0.05, 0) is 38.1 Å². The van der Waals surface area contributed by atoms with Gasteiger partial charge in [-0.3, -0.25) is 14.5 Å². The molecule has 10 heteroatoms. The standard InChI is InChI=1S/C26H20F2N4O3S/c1-16-15-36-24(29-16)30-10-11-31-25(35)32(21(33)14-26(31,2)23(30)34)22-19(27)12-18(13-20(22)28)9-8-17-6-4-3-5-7-17/h3-7,12-13,15H,10-11,14H2,1-2H3. The molecule has 2 aliphatic rings. The molecule has 3 heterocycles. The van der Waals surface area contributed by atoms with E-state index in [0.717, 1.165) is 17.8 Å². The molecule has 0 radical (unpaired) electrons. The number of rotatable bonds is 2. The molecule has 0 spiro atoms. The van der Waals surface area contributed by atoms with Crippen molar-refractivity contribution in [2.75, 3.05) is 22.9 Å². The first kappa shape index (κ1) is 23.6. The minimum absolute atomic E-state index is 0.0573. The van der Waals surface area contributed by atoms with Gasteiger partial charge < -0.3 is 4.90 Å². The normalized spacial score (nSPS) is 19.8. The van der Waals surface area contributed by atoms with Crippen molar-refractivity contribution in [2.24, 2.45) is 0 Å². The van der Waals surface area contributed by atoms with Crippen molar-refractivity contribution >= 4 is 40.0 Å². The maximum atomic E-state index is 15.1. The van der Waals surface area contributed by atoms with Crippen LogP contribution in [0.25, 0.3) is 0 Å². The van der Waals surface area contributed by atoms with Gasteiger partial charge in [0.15, 0.2) is 16.8 Å². The molecule has 4 amide bonds. The van der Waals surface area contributed by atoms with Crippen LogP contribution in [0.2, 0.25) is 0 Å². The van der Waals surface area contributed by atoms with Gasteiger partial charge in [0.05, 0.1) is 12.1 Å². The molecule has 0 bridgehead atoms. The van der Waals surface area contributed by atoms with E-state index in [9.17, 15) is 14.4 Å². The van der Waals surface area contributed by atoms with Crippen LogP contribution < -0.4 is 9.80 Å². The molecule has 1 unspecified atom stereocenters. The molecule has 1 atom stereocenters. The van der Waals surface area contributed by atoms with Gasteiger partial charge in [-0.2, -0.15) is 0 Å². The van der Waals surface area contributed by atoms with Crippen LogP contribution in [0.15, 0.2) is 47.8 Å². The molecule has 182 valence electrons. The van der Waals surface area contributed by atoms with Gasteiger partial charge in [0, 0.05) is 29.6 Å². The van der Waals surface area contributed by atoms with Crippen molar-refractivity contribution in [3.8, 4) is 11.8 Å². The molecule has 3 aromatic rings. The average Bonchev–Trinajstić information content (AvgIpc) is 3.27. The highest BCUT2D eigenvalue weighted by Crippen LogP contribution is 2.38. The molecule has 0 saturated carbocycles. The fraction of sp³-hybridized carbons (Fsp3) is 0.231. The second kappa shape index (κ2) is 8.84. The summed E-state index contributed by atoms with van der Waals surface area (Å²) >= 11 is 1.29. The largest absolute Gasteiger partial charge is 0.332 e. The molecule has 5 rings (SSSR count). The number of imide groups is 1. The Labute approximate surface area is 210 Å². The third-order valence-electron chi connectivity index (χ3n) is 6.22. The van der Waals surface area contributed by atoms with Crippen molar-refractivity contribution < 1.29 is 23.2 Å². The van der Waals surface area contributed by atoms with E-state index in [1.165, 1.54) is 28.1 Å². The number of carbonyl (C=O) groups excluding carboxylic acids is 3. The molecule has 2 saturated heterocycles. The summed E-state index contributed by atoms with van der Waals surface area (Å²) in [6.07, 6.45) is -0.424. The van der Waals surface area contributed by atoms with Crippen molar-refractivity contribution in [2.45, 2.75) is 25.8 Å². The predicted molar refractivity (Wildman–Crippen MR) is 131 cm³/mol. The third-order valence-corrected chi connectivity index (χ3v) is 7.20. The maximum absolute atomic E-state index is 15.1. The summed E-state index contributed by atoms with van der Waals surface area (Å²) in [6.45, 7) is 3.52. The lowest BCUT2D eigenvalue weighted by atomic mass is 9.88. The van der Waals surface area contributed by atoms with Crippen LogP contribution in [0.4, 0.5) is 24.4 Å². The number of hydrogen-bond acceptors (Lipinski definition) is 5. The Kier molecular flexibility index (Phi) is 5.80. The number of aryl methyl sites for hydroxylation is 1. The number of halogens is 2. The van der Waals surface area contributed by atoms with E-state index < -0.39 is 47.1 Å². The number of hydrogen-bond donors (Lipinski definition) is 0. The van der Waals surface area contributed by atoms with Crippen LogP contribution in [0, 0.1) is 30.4 Å². The van der Waals surface area contributed by atoms with Crippen molar-refractivity contribution in [1.29, 1.82) is 0 Å². The van der Waals surface area contributed by atoms with E-state index in [0.29, 0.717) is 15.6 Å². The average molecular weight is 507 g/mol. The Hall–Kier alpha value is -4.10. The second-order valence-corrected chi connectivity index (χ2v) is 9.58. The summed E-state index contributed by atoms with van der Waals surface area (Å²) in [5.41, 5.74) is -0.791. The Balaban J connectivity index is 1.44. The summed E-state index contributed by atoms with van der Waals surface area (Å²) in [7, 11) is 0. The lowest BCUT2D eigenvalue weighted by Gasteiger charge is -2.50. The first-order valence-corrected chi connectivity index (χ1v) is 12.0. The van der Waals surface area contributed by atoms with Gasteiger partial charge in [0.1, 0.15) is 11.2 Å². The number of aromatic nitrogens is 1. The highest BCUT2D eigenvalue weighted by molar-refractivity contribution is 7.14. The van der Waals surface area contributed by atoms with Gasteiger partial charge in [-0.1, -0.05) is 30.0 Å². The molecule has 0 aliphatic carbocycles. The number of piperazine rings is 1. The summed E-state index contributed by atoms with van der Waals surface area (Å²) in [4.78, 5) is 47.3. The molecular weight excluding hydrogens is 486 g/mol. The fourth-order valence-electron chi connectivity index (χ4n) is 4.42. The second-order valence-electron chi connectivity index (χ2n) is 8.75. The highest BCUT2D eigenvalue weighted by Gasteiger charge is 2.56. The molecule has 7 nitrogen and oxygen atoms in total. The zero-order valence-corrected chi connectivity index (χ0v) is 20.2. The number of amides is 4. The fourth-order valence-corrected chi connectivity index (χ4v) is 5.25. The smallest absolute Gasteiger partial charge is 0.307 e. The number of benzene rings is 2. The van der Waals surface area contributed by atoms with Crippen molar-refractivity contribution in [3.63, 3.8) is 0 Å². The zero-order valence-electron chi connectivity index (χ0n) is 19.4. The summed E-state index contributed by atoms with van der Waals surface area (Å²) in [5, 5.41) is 2.28. The quantitative estimate of drug-likeness (QED) is 0.491. The third kappa shape index (κ3) is 3.91. The topological polar surface area (TPSA) is 73.8 Å². The zero-order chi connectivity index (χ0) is 25.6. The SMILES string of the molecule is Cc1csc(N2CCN3C(=O)N(c4c(F)cc(C#Cc5ccccc5)cc4F)C(=O)CC3(C)C2=O)n1. The minimum atomic E-state index is -1.49. The minimum Gasteiger partial charge on any atom is -0.307 e. The highest BCUT2D eigenvalue weighted by atomic mass is 32.1. The van der Waals surface area contributed by atoms with E-state index in [1.54, 1.807) is 36.6 Å². The Morgan fingerprint density at radius 1 is 1.00 bits per heavy atom. The summed E-state index contributed by atoms with van der Waals surface area (Å²) in [5.74, 6) is 1.98. The van der Waals surface area contributed by atoms with E-state index in [1.807, 2.05) is 6.07 Å². The van der Waals surface area contributed by atoms with Crippen molar-refractivity contribution in [1.82, 2.24) is 9.88 Å². The molecule has 2 aromatic carbocycles. The van der Waals surface area contributed by atoms with Gasteiger partial charge in [-0.15, -0.1) is 11.3 Å². The van der Waals surface area contributed by atoms with Gasteiger partial charge >= 0.3 is 6.03 Å². The number of fused-ring (bicyclic) bond motifs is 1. The van der Waals surface area contributed by atoms with Crippen LogP contribution in [0.1, 0.15) is 30.2 Å². The lowest BCUT2D eigenvalue weighted by Crippen LogP contribution is -2.73. The van der Waals surface area contributed by atoms with Gasteiger partial charge in [0.25, 0.3) is 5.91 Å². The number of urea groups is 1. The predicted octanol–water partition coefficient (Wildman–Crippen LogP) is 4.09. The first-order chi connectivity index (χ1) is 17.2. The van der Waals surface area contributed by atoms with Crippen LogP contribution in [0.3, 0.4) is 0 Å². The van der Waals surface area contributed by atoms with Gasteiger partial charge in [-0.25, -0.2) is 23.5 Å². The van der Waals surface area contributed by atoms with E-state index in [-0.39, 0.29) is 18.7 Å². The summed E-state index contributed by atoms with van der Waals surface area (Å²) < 4.78 is 30.2. The van der Waals surface area contributed by atoms with Crippen LogP contribution in [0.5, 0.6) is 0 Å². The molecule has 0 N–H and O–H groups in total. The number of nitrogens with zero attached hydrogens (tertiary/aromatic N) is 4.